The van der Waals surface area contributed by atoms with Crippen molar-refractivity contribution in [2.24, 2.45) is 10.9 Å². The molecular formula is C18H23NO3. The Morgan fingerprint density at radius 1 is 1.27 bits per heavy atom. The lowest BCUT2D eigenvalue weighted by molar-refractivity contribution is -0.140. The molecule has 4 nitrogen and oxygen atoms in total. The van der Waals surface area contributed by atoms with E-state index in [9.17, 15) is 9.59 Å². The van der Waals surface area contributed by atoms with Crippen LogP contribution in [0.1, 0.15) is 52.0 Å². The van der Waals surface area contributed by atoms with Gasteiger partial charge in [0.15, 0.2) is 11.4 Å². The van der Waals surface area contributed by atoms with E-state index in [1.54, 1.807) is 13.8 Å². The number of nitrogens with zero attached hydrogens (tertiary/aromatic N) is 1. The van der Waals surface area contributed by atoms with Crippen molar-refractivity contribution < 1.29 is 14.3 Å². The molecule has 1 aromatic carbocycles. The molecule has 0 bridgehead atoms. The fraction of sp³-hybridized carbons (Fsp3) is 0.500. The van der Waals surface area contributed by atoms with E-state index in [0.29, 0.717) is 12.3 Å². The van der Waals surface area contributed by atoms with Crippen molar-refractivity contribution in [2.45, 2.75) is 52.0 Å². The summed E-state index contributed by atoms with van der Waals surface area (Å²) in [6, 6.07) is 9.66. The van der Waals surface area contributed by atoms with Crippen LogP contribution in [0, 0.1) is 5.92 Å². The maximum atomic E-state index is 12.6. The van der Waals surface area contributed by atoms with Crippen molar-refractivity contribution in [1.82, 2.24) is 0 Å². The summed E-state index contributed by atoms with van der Waals surface area (Å²) in [6.45, 7) is 7.34. The van der Waals surface area contributed by atoms with Crippen molar-refractivity contribution in [3.63, 3.8) is 0 Å². The lowest BCUT2D eigenvalue weighted by atomic mass is 9.72. The van der Waals surface area contributed by atoms with Crippen LogP contribution in [0.3, 0.4) is 0 Å². The summed E-state index contributed by atoms with van der Waals surface area (Å²) < 4.78 is 5.26. The minimum atomic E-state index is -0.995. The zero-order valence-corrected chi connectivity index (χ0v) is 13.6. The summed E-state index contributed by atoms with van der Waals surface area (Å²) in [7, 11) is 0. The van der Waals surface area contributed by atoms with Gasteiger partial charge in [0.2, 0.25) is 0 Å². The molecule has 2 rings (SSSR count). The predicted octanol–water partition coefficient (Wildman–Crippen LogP) is 3.51. The number of rotatable bonds is 6. The van der Waals surface area contributed by atoms with E-state index in [1.807, 2.05) is 44.2 Å². The highest BCUT2D eigenvalue weighted by atomic mass is 16.6. The van der Waals surface area contributed by atoms with Crippen LogP contribution in [0.5, 0.6) is 0 Å². The number of carbonyl (C=O) groups excluding carboxylic acids is 2. The van der Waals surface area contributed by atoms with Gasteiger partial charge >= 0.3 is 5.97 Å². The summed E-state index contributed by atoms with van der Waals surface area (Å²) in [5.74, 6) is 0.0624. The highest BCUT2D eigenvalue weighted by molar-refractivity contribution is 6.00. The summed E-state index contributed by atoms with van der Waals surface area (Å²) >= 11 is 0. The molecule has 118 valence electrons. The van der Waals surface area contributed by atoms with Gasteiger partial charge in [-0.15, -0.1) is 0 Å². The Balaban J connectivity index is 2.54. The second kappa shape index (κ2) is 6.42. The summed E-state index contributed by atoms with van der Waals surface area (Å²) in [5, 5.41) is 0. The molecule has 1 aliphatic rings. The van der Waals surface area contributed by atoms with Gasteiger partial charge in [-0.2, -0.15) is 0 Å². The number of hydrogen-bond donors (Lipinski definition) is 0. The molecule has 0 spiro atoms. The van der Waals surface area contributed by atoms with Gasteiger partial charge in [-0.3, -0.25) is 0 Å². The third-order valence-electron chi connectivity index (χ3n) is 3.94. The van der Waals surface area contributed by atoms with Crippen LogP contribution in [-0.4, -0.2) is 23.2 Å². The van der Waals surface area contributed by atoms with Gasteiger partial charge in [0, 0.05) is 19.3 Å². The van der Waals surface area contributed by atoms with Crippen LogP contribution in [0.2, 0.25) is 0 Å². The van der Waals surface area contributed by atoms with Crippen molar-refractivity contribution in [3.8, 4) is 0 Å². The van der Waals surface area contributed by atoms with Gasteiger partial charge in [-0.1, -0.05) is 44.2 Å². The minimum Gasteiger partial charge on any atom is -0.410 e. The summed E-state index contributed by atoms with van der Waals surface area (Å²) in [4.78, 5) is 29.0. The Bertz CT molecular complexity index is 592. The first-order valence-electron chi connectivity index (χ1n) is 7.68. The predicted molar refractivity (Wildman–Crippen MR) is 85.9 cm³/mol. The quantitative estimate of drug-likeness (QED) is 0.755. The molecule has 0 aliphatic carbocycles. The number of ketones is 1. The summed E-state index contributed by atoms with van der Waals surface area (Å²) in [5.41, 5.74) is -0.0422. The molecule has 0 radical (unpaired) electrons. The first-order valence-corrected chi connectivity index (χ1v) is 7.68. The Morgan fingerprint density at radius 3 is 2.36 bits per heavy atom. The Labute approximate surface area is 131 Å². The number of ether oxygens (including phenoxy) is 1. The lowest BCUT2D eigenvalue weighted by Gasteiger charge is -2.33. The van der Waals surface area contributed by atoms with Crippen LogP contribution in [-0.2, 0) is 14.3 Å². The second-order valence-electron chi connectivity index (χ2n) is 6.41. The monoisotopic (exact) mass is 301 g/mol. The van der Waals surface area contributed by atoms with E-state index in [2.05, 4.69) is 4.99 Å². The maximum absolute atomic E-state index is 12.6. The average Bonchev–Trinajstić information content (AvgIpc) is 2.71. The van der Waals surface area contributed by atoms with Crippen molar-refractivity contribution in [2.75, 3.05) is 0 Å². The van der Waals surface area contributed by atoms with Crippen molar-refractivity contribution in [1.29, 1.82) is 0 Å². The van der Waals surface area contributed by atoms with Gasteiger partial charge < -0.3 is 9.53 Å². The van der Waals surface area contributed by atoms with E-state index < -0.39 is 5.54 Å². The number of hydrogen-bond acceptors (Lipinski definition) is 4. The number of carbonyl (C=O) groups is 2. The van der Waals surface area contributed by atoms with Gasteiger partial charge in [0.05, 0.1) is 0 Å². The average molecular weight is 301 g/mol. The number of aliphatic imine (C=N–C) groups is 1. The molecule has 1 aliphatic heterocycles. The van der Waals surface area contributed by atoms with Crippen molar-refractivity contribution >= 4 is 17.7 Å². The SMILES string of the molecule is CC(=O)C[C@H](c1ccccc1)[C@@]1(CC(C)C)N=C(C)OC1=O. The van der Waals surface area contributed by atoms with Crippen LogP contribution in [0.4, 0.5) is 0 Å². The third kappa shape index (κ3) is 3.26. The van der Waals surface area contributed by atoms with Crippen LogP contribution >= 0.6 is 0 Å². The van der Waals surface area contributed by atoms with E-state index in [1.165, 1.54) is 0 Å². The zero-order chi connectivity index (χ0) is 16.3. The molecule has 22 heavy (non-hydrogen) atoms. The standard InChI is InChI=1S/C18H23NO3/c1-12(2)11-18(17(21)22-14(4)19-18)16(10-13(3)20)15-8-6-5-7-9-15/h5-9,12,16H,10-11H2,1-4H3/t16-,18-/m1/s1. The molecular weight excluding hydrogens is 278 g/mol. The minimum absolute atomic E-state index is 0.0459. The van der Waals surface area contributed by atoms with Crippen molar-refractivity contribution in [3.05, 3.63) is 35.9 Å². The molecule has 1 aromatic rings. The molecule has 0 unspecified atom stereocenters. The first-order chi connectivity index (χ1) is 10.3. The number of cyclic esters (lactones) is 1. The molecule has 1 heterocycles. The van der Waals surface area contributed by atoms with E-state index >= 15 is 0 Å². The molecule has 0 saturated heterocycles. The molecule has 0 amide bonds. The van der Waals surface area contributed by atoms with Crippen LogP contribution < -0.4 is 0 Å². The normalized spacial score (nSPS) is 22.4. The van der Waals surface area contributed by atoms with Gasteiger partial charge in [-0.25, -0.2) is 9.79 Å². The smallest absolute Gasteiger partial charge is 0.341 e. The molecule has 0 fully saturated rings. The second-order valence-corrected chi connectivity index (χ2v) is 6.41. The number of esters is 1. The summed E-state index contributed by atoms with van der Waals surface area (Å²) in [6.07, 6.45) is 0.846. The van der Waals surface area contributed by atoms with Gasteiger partial charge in [-0.05, 0) is 24.8 Å². The lowest BCUT2D eigenvalue weighted by Crippen LogP contribution is -2.42. The topological polar surface area (TPSA) is 55.7 Å². The zero-order valence-electron chi connectivity index (χ0n) is 13.6. The Morgan fingerprint density at radius 2 is 1.91 bits per heavy atom. The van der Waals surface area contributed by atoms with Crippen LogP contribution in [0.15, 0.2) is 35.3 Å². The largest absolute Gasteiger partial charge is 0.410 e. The fourth-order valence-corrected chi connectivity index (χ4v) is 3.22. The Kier molecular flexibility index (Phi) is 4.79. The Hall–Kier alpha value is -1.97. The van der Waals surface area contributed by atoms with Gasteiger partial charge in [0.25, 0.3) is 0 Å². The third-order valence-corrected chi connectivity index (χ3v) is 3.94. The van der Waals surface area contributed by atoms with E-state index in [-0.39, 0.29) is 30.0 Å². The maximum Gasteiger partial charge on any atom is 0.341 e. The molecule has 4 heteroatoms. The molecule has 0 saturated carbocycles. The first kappa shape index (κ1) is 16.4. The number of Topliss-reactive ketones (excluding diaryl/α,β-unsaturated/α-hetero) is 1. The number of benzene rings is 1. The van der Waals surface area contributed by atoms with E-state index in [0.717, 1.165) is 5.56 Å². The van der Waals surface area contributed by atoms with E-state index in [4.69, 9.17) is 4.74 Å². The van der Waals surface area contributed by atoms with Gasteiger partial charge in [0.1, 0.15) is 5.78 Å². The molecule has 0 N–H and O–H groups in total. The van der Waals surface area contributed by atoms with Crippen LogP contribution in [0.25, 0.3) is 0 Å². The molecule has 2 atom stereocenters. The molecule has 0 aromatic heterocycles. The fourth-order valence-electron chi connectivity index (χ4n) is 3.22. The highest BCUT2D eigenvalue weighted by Crippen LogP contribution is 2.43. The highest BCUT2D eigenvalue weighted by Gasteiger charge is 2.52.